The van der Waals surface area contributed by atoms with Crippen LogP contribution >= 0.6 is 0 Å². The third-order valence-corrected chi connectivity index (χ3v) is 5.58. The molecule has 0 fully saturated rings. The van der Waals surface area contributed by atoms with Crippen molar-refractivity contribution in [3.05, 3.63) is 59.7 Å². The van der Waals surface area contributed by atoms with Gasteiger partial charge >= 0.3 is 0 Å². The molecule has 0 atom stereocenters. The van der Waals surface area contributed by atoms with Crippen LogP contribution in [0.3, 0.4) is 0 Å². The first-order chi connectivity index (χ1) is 12.8. The summed E-state index contributed by atoms with van der Waals surface area (Å²) in [6, 6.07) is 12.3. The van der Waals surface area contributed by atoms with E-state index in [0.717, 1.165) is 4.90 Å². The van der Waals surface area contributed by atoms with Gasteiger partial charge in [0, 0.05) is 11.3 Å². The molecule has 1 aliphatic rings. The standard InChI is InChI=1S/C18H17N3O5S/c1-19-27(25,26)14-8-6-13(7-9-14)20-16(22)11-21-17(23)10-12-4-2-3-5-15(12)18(21)24/h2-9,19H,10-11H2,1H3,(H,20,22). The van der Waals surface area contributed by atoms with Gasteiger partial charge in [-0.05, 0) is 42.9 Å². The number of anilines is 1. The number of rotatable bonds is 5. The zero-order valence-corrected chi connectivity index (χ0v) is 15.2. The Morgan fingerprint density at radius 3 is 2.41 bits per heavy atom. The second-order valence-electron chi connectivity index (χ2n) is 5.90. The highest BCUT2D eigenvalue weighted by Gasteiger charge is 2.31. The second kappa shape index (κ2) is 7.29. The molecule has 9 heteroatoms. The Labute approximate surface area is 156 Å². The number of imide groups is 1. The molecular formula is C18H17N3O5S. The van der Waals surface area contributed by atoms with Gasteiger partial charge in [-0.1, -0.05) is 18.2 Å². The number of nitrogens with one attached hydrogen (secondary N) is 2. The van der Waals surface area contributed by atoms with Gasteiger partial charge in [0.05, 0.1) is 11.3 Å². The van der Waals surface area contributed by atoms with Crippen molar-refractivity contribution >= 4 is 33.4 Å². The number of carbonyl (C=O) groups excluding carboxylic acids is 3. The van der Waals surface area contributed by atoms with Gasteiger partial charge in [0.1, 0.15) is 6.54 Å². The van der Waals surface area contributed by atoms with E-state index in [4.69, 9.17) is 0 Å². The number of nitrogens with zero attached hydrogens (tertiary/aromatic N) is 1. The summed E-state index contributed by atoms with van der Waals surface area (Å²) in [5.41, 5.74) is 1.41. The number of hydrogen-bond donors (Lipinski definition) is 2. The molecule has 140 valence electrons. The minimum absolute atomic E-state index is 0.0565. The lowest BCUT2D eigenvalue weighted by atomic mass is 9.98. The Hall–Kier alpha value is -3.04. The van der Waals surface area contributed by atoms with E-state index in [1.54, 1.807) is 24.3 Å². The maximum Gasteiger partial charge on any atom is 0.261 e. The third-order valence-electron chi connectivity index (χ3n) is 4.15. The van der Waals surface area contributed by atoms with E-state index in [9.17, 15) is 22.8 Å². The van der Waals surface area contributed by atoms with Crippen LogP contribution in [0.1, 0.15) is 15.9 Å². The summed E-state index contributed by atoms with van der Waals surface area (Å²) in [5.74, 6) is -1.50. The number of amides is 3. The number of hydrogen-bond acceptors (Lipinski definition) is 5. The maximum absolute atomic E-state index is 12.5. The van der Waals surface area contributed by atoms with Crippen molar-refractivity contribution in [1.29, 1.82) is 0 Å². The van der Waals surface area contributed by atoms with E-state index < -0.39 is 34.3 Å². The van der Waals surface area contributed by atoms with Crippen LogP contribution in [0.4, 0.5) is 5.69 Å². The molecule has 0 aromatic heterocycles. The first kappa shape index (κ1) is 18.7. The number of benzene rings is 2. The fourth-order valence-corrected chi connectivity index (χ4v) is 3.47. The predicted molar refractivity (Wildman–Crippen MR) is 97.5 cm³/mol. The number of carbonyl (C=O) groups is 3. The second-order valence-corrected chi connectivity index (χ2v) is 7.79. The fraction of sp³-hybridized carbons (Fsp3) is 0.167. The Morgan fingerprint density at radius 2 is 1.74 bits per heavy atom. The Balaban J connectivity index is 1.69. The summed E-state index contributed by atoms with van der Waals surface area (Å²) in [7, 11) is -2.27. The van der Waals surface area contributed by atoms with Crippen molar-refractivity contribution in [2.75, 3.05) is 18.9 Å². The van der Waals surface area contributed by atoms with Crippen LogP contribution in [-0.2, 0) is 26.0 Å². The molecule has 2 N–H and O–H groups in total. The van der Waals surface area contributed by atoms with E-state index in [1.807, 2.05) is 0 Å². The molecule has 0 saturated carbocycles. The SMILES string of the molecule is CNS(=O)(=O)c1ccc(NC(=O)CN2C(=O)Cc3ccccc3C2=O)cc1. The highest BCUT2D eigenvalue weighted by atomic mass is 32.2. The summed E-state index contributed by atoms with van der Waals surface area (Å²) in [5, 5.41) is 2.55. The highest BCUT2D eigenvalue weighted by molar-refractivity contribution is 7.89. The quantitative estimate of drug-likeness (QED) is 0.736. The molecule has 3 rings (SSSR count). The van der Waals surface area contributed by atoms with E-state index in [2.05, 4.69) is 10.0 Å². The zero-order chi connectivity index (χ0) is 19.6. The van der Waals surface area contributed by atoms with E-state index in [1.165, 1.54) is 31.3 Å². The average Bonchev–Trinajstić information content (AvgIpc) is 2.65. The Kier molecular flexibility index (Phi) is 5.06. The summed E-state index contributed by atoms with van der Waals surface area (Å²) < 4.78 is 25.6. The van der Waals surface area contributed by atoms with Gasteiger partial charge in [-0.25, -0.2) is 13.1 Å². The maximum atomic E-state index is 12.5. The Bertz CT molecular complexity index is 1020. The van der Waals surface area contributed by atoms with E-state index in [-0.39, 0.29) is 11.3 Å². The largest absolute Gasteiger partial charge is 0.325 e. The van der Waals surface area contributed by atoms with Gasteiger partial charge < -0.3 is 5.32 Å². The van der Waals surface area contributed by atoms with Crippen molar-refractivity contribution < 1.29 is 22.8 Å². The van der Waals surface area contributed by atoms with Gasteiger partial charge in [0.2, 0.25) is 21.8 Å². The summed E-state index contributed by atoms with van der Waals surface area (Å²) in [6.45, 7) is -0.414. The Morgan fingerprint density at radius 1 is 1.07 bits per heavy atom. The van der Waals surface area contributed by atoms with Crippen LogP contribution in [0.25, 0.3) is 0 Å². The van der Waals surface area contributed by atoms with Crippen LogP contribution in [0, 0.1) is 0 Å². The van der Waals surface area contributed by atoms with Crippen molar-refractivity contribution in [3.8, 4) is 0 Å². The summed E-state index contributed by atoms with van der Waals surface area (Å²) in [4.78, 5) is 37.9. The third kappa shape index (κ3) is 3.88. The molecule has 27 heavy (non-hydrogen) atoms. The monoisotopic (exact) mass is 387 g/mol. The first-order valence-electron chi connectivity index (χ1n) is 8.08. The molecule has 2 aromatic carbocycles. The van der Waals surface area contributed by atoms with Gasteiger partial charge in [0.25, 0.3) is 5.91 Å². The lowest BCUT2D eigenvalue weighted by Gasteiger charge is -2.26. The minimum atomic E-state index is -3.57. The minimum Gasteiger partial charge on any atom is -0.325 e. The van der Waals surface area contributed by atoms with Crippen LogP contribution in [-0.4, -0.2) is 44.6 Å². The van der Waals surface area contributed by atoms with Crippen molar-refractivity contribution in [2.45, 2.75) is 11.3 Å². The van der Waals surface area contributed by atoms with E-state index >= 15 is 0 Å². The predicted octanol–water partition coefficient (Wildman–Crippen LogP) is 0.758. The van der Waals surface area contributed by atoms with E-state index in [0.29, 0.717) is 16.8 Å². The van der Waals surface area contributed by atoms with Gasteiger partial charge in [0.15, 0.2) is 0 Å². The lowest BCUT2D eigenvalue weighted by molar-refractivity contribution is -0.131. The molecule has 0 bridgehead atoms. The number of sulfonamides is 1. The molecule has 1 heterocycles. The molecule has 0 aliphatic carbocycles. The number of fused-ring (bicyclic) bond motifs is 1. The molecule has 1 aliphatic heterocycles. The first-order valence-corrected chi connectivity index (χ1v) is 9.56. The molecule has 8 nitrogen and oxygen atoms in total. The molecule has 2 aromatic rings. The van der Waals surface area contributed by atoms with Gasteiger partial charge in [-0.15, -0.1) is 0 Å². The van der Waals surface area contributed by atoms with Crippen LogP contribution in [0.5, 0.6) is 0 Å². The van der Waals surface area contributed by atoms with Crippen molar-refractivity contribution in [3.63, 3.8) is 0 Å². The lowest BCUT2D eigenvalue weighted by Crippen LogP contribution is -2.46. The highest BCUT2D eigenvalue weighted by Crippen LogP contribution is 2.20. The normalized spacial score (nSPS) is 14.0. The smallest absolute Gasteiger partial charge is 0.261 e. The van der Waals surface area contributed by atoms with Gasteiger partial charge in [-0.2, -0.15) is 0 Å². The zero-order valence-electron chi connectivity index (χ0n) is 14.4. The van der Waals surface area contributed by atoms with Crippen molar-refractivity contribution in [1.82, 2.24) is 9.62 Å². The van der Waals surface area contributed by atoms with Crippen LogP contribution in [0.15, 0.2) is 53.4 Å². The molecule has 0 spiro atoms. The molecular weight excluding hydrogens is 370 g/mol. The summed E-state index contributed by atoms with van der Waals surface area (Å²) >= 11 is 0. The average molecular weight is 387 g/mol. The van der Waals surface area contributed by atoms with Gasteiger partial charge in [-0.3, -0.25) is 19.3 Å². The fourth-order valence-electron chi connectivity index (χ4n) is 2.74. The van der Waals surface area contributed by atoms with Crippen LogP contribution in [0.2, 0.25) is 0 Å². The molecule has 3 amide bonds. The van der Waals surface area contributed by atoms with Crippen LogP contribution < -0.4 is 10.0 Å². The topological polar surface area (TPSA) is 113 Å². The van der Waals surface area contributed by atoms with Crippen molar-refractivity contribution in [2.24, 2.45) is 0 Å². The molecule has 0 saturated heterocycles. The molecule has 0 unspecified atom stereocenters. The summed E-state index contributed by atoms with van der Waals surface area (Å²) in [6.07, 6.45) is 0.0613. The molecule has 0 radical (unpaired) electrons.